The molecule has 1 amide bonds. The highest BCUT2D eigenvalue weighted by molar-refractivity contribution is 8.01. The predicted molar refractivity (Wildman–Crippen MR) is 150 cm³/mol. The van der Waals surface area contributed by atoms with Crippen molar-refractivity contribution in [1.29, 1.82) is 0 Å². The number of hydrogen-bond acceptors (Lipinski definition) is 7. The Morgan fingerprint density at radius 3 is 2.49 bits per heavy atom. The third-order valence-electron chi connectivity index (χ3n) is 5.80. The number of methoxy groups -OCH3 is 1. The number of ether oxygens (including phenoxy) is 1. The van der Waals surface area contributed by atoms with E-state index in [-0.39, 0.29) is 27.2 Å². The smallest absolute Gasteiger partial charge is 0.262 e. The van der Waals surface area contributed by atoms with Gasteiger partial charge in [0.25, 0.3) is 10.0 Å². The van der Waals surface area contributed by atoms with Crippen molar-refractivity contribution in [3.8, 4) is 17.0 Å². The van der Waals surface area contributed by atoms with Crippen molar-refractivity contribution < 1.29 is 17.9 Å². The molecule has 37 heavy (non-hydrogen) atoms. The second kappa shape index (κ2) is 10.4. The lowest BCUT2D eigenvalue weighted by atomic mass is 10.1. The molecule has 0 radical (unpaired) electrons. The van der Waals surface area contributed by atoms with Crippen molar-refractivity contribution in [2.24, 2.45) is 0 Å². The molecule has 1 aliphatic rings. The van der Waals surface area contributed by atoms with Crippen LogP contribution >= 0.6 is 34.7 Å². The lowest BCUT2D eigenvalue weighted by Gasteiger charge is -2.21. The predicted octanol–water partition coefficient (Wildman–Crippen LogP) is 6.44. The minimum absolute atomic E-state index is 0.0309. The Morgan fingerprint density at radius 2 is 1.78 bits per heavy atom. The Morgan fingerprint density at radius 1 is 1.05 bits per heavy atom. The third kappa shape index (κ3) is 5.19. The van der Waals surface area contributed by atoms with Gasteiger partial charge < -0.3 is 4.74 Å². The lowest BCUT2D eigenvalue weighted by Crippen LogP contribution is -2.29. The Bertz CT molecular complexity index is 1540. The Balaban J connectivity index is 1.35. The lowest BCUT2D eigenvalue weighted by molar-refractivity contribution is -0.117. The van der Waals surface area contributed by atoms with E-state index in [2.05, 4.69) is 4.72 Å². The first-order valence-corrected chi connectivity index (χ1v) is 14.9. The van der Waals surface area contributed by atoms with Gasteiger partial charge >= 0.3 is 0 Å². The first-order chi connectivity index (χ1) is 17.8. The zero-order valence-electron chi connectivity index (χ0n) is 19.8. The standard InChI is InChI=1S/C26H22ClN3O4S3/c1-16-24(31)30(25(36-16)18-6-4-3-5-7-18)26-28-22(15-35-26)17-8-10-19(11-9-17)29-37(32,33)20-12-13-21(27)23(14-20)34-2/h3-16,25,29H,1-2H3. The molecular formula is C26H22ClN3O4S3. The number of halogens is 1. The van der Waals surface area contributed by atoms with Crippen LogP contribution in [-0.2, 0) is 14.8 Å². The van der Waals surface area contributed by atoms with Gasteiger partial charge in [-0.15, -0.1) is 23.1 Å². The molecule has 4 aromatic rings. The van der Waals surface area contributed by atoms with Gasteiger partial charge in [-0.2, -0.15) is 0 Å². The highest BCUT2D eigenvalue weighted by Crippen LogP contribution is 2.46. The van der Waals surface area contributed by atoms with Crippen molar-refractivity contribution in [3.05, 3.63) is 88.8 Å². The summed E-state index contributed by atoms with van der Waals surface area (Å²) in [4.78, 5) is 19.5. The van der Waals surface area contributed by atoms with Crippen molar-refractivity contribution >= 4 is 61.4 Å². The van der Waals surface area contributed by atoms with E-state index in [9.17, 15) is 13.2 Å². The molecule has 1 N–H and O–H groups in total. The Hall–Kier alpha value is -3.05. The van der Waals surface area contributed by atoms with Gasteiger partial charge in [-0.25, -0.2) is 13.4 Å². The first-order valence-electron chi connectivity index (χ1n) is 11.2. The summed E-state index contributed by atoms with van der Waals surface area (Å²) in [6.45, 7) is 1.91. The molecule has 1 fully saturated rings. The second-order valence-electron chi connectivity index (χ2n) is 8.24. The van der Waals surface area contributed by atoms with Crippen molar-refractivity contribution in [2.75, 3.05) is 16.7 Å². The highest BCUT2D eigenvalue weighted by atomic mass is 35.5. The molecule has 2 heterocycles. The molecule has 190 valence electrons. The molecule has 2 unspecified atom stereocenters. The van der Waals surface area contributed by atoms with E-state index in [0.717, 1.165) is 11.1 Å². The van der Waals surface area contributed by atoms with Crippen molar-refractivity contribution in [3.63, 3.8) is 0 Å². The zero-order chi connectivity index (χ0) is 26.2. The van der Waals surface area contributed by atoms with Gasteiger partial charge in [0, 0.05) is 22.7 Å². The van der Waals surface area contributed by atoms with Gasteiger partial charge in [0.2, 0.25) is 5.91 Å². The molecule has 11 heteroatoms. The zero-order valence-corrected chi connectivity index (χ0v) is 23.0. The number of aromatic nitrogens is 1. The van der Waals surface area contributed by atoms with E-state index in [1.54, 1.807) is 40.9 Å². The number of nitrogens with one attached hydrogen (secondary N) is 1. The van der Waals surface area contributed by atoms with E-state index in [0.29, 0.717) is 21.5 Å². The molecule has 0 saturated carbocycles. The second-order valence-corrected chi connectivity index (χ2v) is 12.6. The summed E-state index contributed by atoms with van der Waals surface area (Å²) in [7, 11) is -2.41. The number of amides is 1. The van der Waals surface area contributed by atoms with E-state index in [4.69, 9.17) is 21.3 Å². The summed E-state index contributed by atoms with van der Waals surface area (Å²) in [6.07, 6.45) is 0. The molecule has 1 aromatic heterocycles. The average molecular weight is 572 g/mol. The Kier molecular flexibility index (Phi) is 7.17. The molecule has 2 atom stereocenters. The van der Waals surface area contributed by atoms with Crippen LogP contribution in [0.15, 0.2) is 83.1 Å². The number of anilines is 2. The number of sulfonamides is 1. The van der Waals surface area contributed by atoms with Crippen LogP contribution in [0.25, 0.3) is 11.3 Å². The SMILES string of the molecule is COc1cc(S(=O)(=O)Nc2ccc(-c3csc(N4C(=O)C(C)SC4c4ccccc4)n3)cc2)ccc1Cl. The molecule has 1 aliphatic heterocycles. The van der Waals surface area contributed by atoms with Crippen LogP contribution in [0.5, 0.6) is 5.75 Å². The van der Waals surface area contributed by atoms with Crippen molar-refractivity contribution in [1.82, 2.24) is 4.98 Å². The largest absolute Gasteiger partial charge is 0.495 e. The fourth-order valence-corrected chi connectivity index (χ4v) is 7.36. The first kappa shape index (κ1) is 25.6. The summed E-state index contributed by atoms with van der Waals surface area (Å²) in [5.41, 5.74) is 2.97. The van der Waals surface area contributed by atoms with Gasteiger partial charge in [-0.3, -0.25) is 14.4 Å². The molecule has 1 saturated heterocycles. The van der Waals surface area contributed by atoms with Crippen LogP contribution in [0.4, 0.5) is 10.8 Å². The number of carbonyl (C=O) groups is 1. The van der Waals surface area contributed by atoms with Crippen LogP contribution in [0.1, 0.15) is 17.9 Å². The van der Waals surface area contributed by atoms with Crippen LogP contribution < -0.4 is 14.4 Å². The van der Waals surface area contributed by atoms with Gasteiger partial charge in [0.1, 0.15) is 11.1 Å². The molecule has 7 nitrogen and oxygen atoms in total. The number of carbonyl (C=O) groups excluding carboxylic acids is 1. The van der Waals surface area contributed by atoms with Gasteiger partial charge in [-0.1, -0.05) is 54.1 Å². The fourth-order valence-electron chi connectivity index (χ4n) is 3.90. The van der Waals surface area contributed by atoms with Gasteiger partial charge in [-0.05, 0) is 36.8 Å². The molecular weight excluding hydrogens is 550 g/mol. The fraction of sp³-hybridized carbons (Fsp3) is 0.154. The summed E-state index contributed by atoms with van der Waals surface area (Å²) >= 11 is 9.03. The maximum Gasteiger partial charge on any atom is 0.262 e. The number of thioether (sulfide) groups is 1. The number of nitrogens with zero attached hydrogens (tertiary/aromatic N) is 2. The summed E-state index contributed by atoms with van der Waals surface area (Å²) in [5.74, 6) is 0.307. The quantitative estimate of drug-likeness (QED) is 0.274. The van der Waals surface area contributed by atoms with E-state index >= 15 is 0 Å². The molecule has 0 bridgehead atoms. The maximum absolute atomic E-state index is 13.0. The number of rotatable bonds is 7. The summed E-state index contributed by atoms with van der Waals surface area (Å²) in [6, 6.07) is 21.1. The minimum atomic E-state index is -3.84. The van der Waals surface area contributed by atoms with Crippen LogP contribution in [0, 0.1) is 0 Å². The van der Waals surface area contributed by atoms with E-state index < -0.39 is 10.0 Å². The minimum Gasteiger partial charge on any atom is -0.495 e. The number of hydrogen-bond donors (Lipinski definition) is 1. The highest BCUT2D eigenvalue weighted by Gasteiger charge is 2.40. The van der Waals surface area contributed by atoms with Crippen molar-refractivity contribution in [2.45, 2.75) is 22.4 Å². The monoisotopic (exact) mass is 571 g/mol. The normalized spacial score (nSPS) is 17.7. The Labute approximate surface area is 228 Å². The third-order valence-corrected chi connectivity index (χ3v) is 9.68. The van der Waals surface area contributed by atoms with Gasteiger partial charge in [0.15, 0.2) is 5.13 Å². The molecule has 0 spiro atoms. The summed E-state index contributed by atoms with van der Waals surface area (Å²) in [5, 5.41) is 2.56. The average Bonchev–Trinajstić information content (AvgIpc) is 3.49. The maximum atomic E-state index is 13.0. The van der Waals surface area contributed by atoms with E-state index in [1.165, 1.54) is 36.6 Å². The van der Waals surface area contributed by atoms with Crippen LogP contribution in [-0.4, -0.2) is 31.7 Å². The summed E-state index contributed by atoms with van der Waals surface area (Å²) < 4.78 is 33.4. The van der Waals surface area contributed by atoms with E-state index in [1.807, 2.05) is 42.6 Å². The number of thiazole rings is 1. The molecule has 3 aromatic carbocycles. The van der Waals surface area contributed by atoms with Crippen LogP contribution in [0.2, 0.25) is 5.02 Å². The number of benzene rings is 3. The molecule has 5 rings (SSSR count). The topological polar surface area (TPSA) is 88.6 Å². The van der Waals surface area contributed by atoms with Crippen LogP contribution in [0.3, 0.4) is 0 Å². The molecule has 0 aliphatic carbocycles. The van der Waals surface area contributed by atoms with Gasteiger partial charge in [0.05, 0.1) is 28.0 Å².